The average Bonchev–Trinajstić information content (AvgIpc) is 2.77. The number of aromatic amines is 1. The minimum absolute atomic E-state index is 0.383. The molecule has 0 bridgehead atoms. The first-order valence-corrected chi connectivity index (χ1v) is 6.23. The van der Waals surface area contributed by atoms with Crippen LogP contribution in [-0.2, 0) is 11.2 Å². The van der Waals surface area contributed by atoms with Crippen molar-refractivity contribution < 1.29 is 9.90 Å². The molecule has 2 N–H and O–H groups in total. The van der Waals surface area contributed by atoms with E-state index in [2.05, 4.69) is 9.97 Å². The van der Waals surface area contributed by atoms with Crippen LogP contribution in [-0.4, -0.2) is 21.0 Å². The molecule has 0 aliphatic carbocycles. The number of carboxylic acid groups (broad SMARTS) is 1. The number of aromatic nitrogens is 2. The molecule has 1 aromatic carbocycles. The molecule has 2 rings (SSSR count). The molecule has 0 atom stereocenters. The maximum atomic E-state index is 11.1. The number of carbonyl (C=O) groups is 1. The number of rotatable bonds is 4. The van der Waals surface area contributed by atoms with Gasteiger partial charge in [0.15, 0.2) is 0 Å². The van der Waals surface area contributed by atoms with E-state index in [1.165, 1.54) is 0 Å². The highest BCUT2D eigenvalue weighted by molar-refractivity contribution is 5.74. The molecule has 0 aliphatic rings. The number of hydrogen-bond acceptors (Lipinski definition) is 2. The van der Waals surface area contributed by atoms with Crippen LogP contribution in [0, 0.1) is 12.3 Å². The number of nitrogens with zero attached hydrogens (tertiary/aromatic N) is 1. The number of aryl methyl sites for hydroxylation is 1. The van der Waals surface area contributed by atoms with Crippen molar-refractivity contribution in [2.45, 2.75) is 27.2 Å². The minimum atomic E-state index is -0.819. The molecule has 4 nitrogen and oxygen atoms in total. The zero-order chi connectivity index (χ0) is 14.0. The Morgan fingerprint density at radius 2 is 2.05 bits per heavy atom. The number of aliphatic carboxylic acids is 1. The van der Waals surface area contributed by atoms with Gasteiger partial charge in [0.05, 0.1) is 17.3 Å². The minimum Gasteiger partial charge on any atom is -0.481 e. The van der Waals surface area contributed by atoms with Crippen molar-refractivity contribution in [1.29, 1.82) is 0 Å². The smallest absolute Gasteiger partial charge is 0.309 e. The zero-order valence-electron chi connectivity index (χ0n) is 11.4. The highest BCUT2D eigenvalue weighted by Crippen LogP contribution is 2.24. The van der Waals surface area contributed by atoms with Gasteiger partial charge in [-0.05, 0) is 26.3 Å². The topological polar surface area (TPSA) is 66.0 Å². The van der Waals surface area contributed by atoms with Gasteiger partial charge in [0, 0.05) is 12.0 Å². The van der Waals surface area contributed by atoms with Gasteiger partial charge in [0.2, 0.25) is 0 Å². The second-order valence-electron chi connectivity index (χ2n) is 5.42. The lowest BCUT2D eigenvalue weighted by atomic mass is 9.89. The quantitative estimate of drug-likeness (QED) is 0.885. The largest absolute Gasteiger partial charge is 0.481 e. The van der Waals surface area contributed by atoms with Crippen LogP contribution in [0.15, 0.2) is 30.5 Å². The molecule has 0 unspecified atom stereocenters. The van der Waals surface area contributed by atoms with E-state index in [-0.39, 0.29) is 0 Å². The molecule has 0 spiro atoms. The summed E-state index contributed by atoms with van der Waals surface area (Å²) in [5.41, 5.74) is 2.36. The molecular formula is C15H18N2O2. The molecule has 1 aromatic heterocycles. The van der Waals surface area contributed by atoms with Crippen molar-refractivity contribution >= 4 is 5.97 Å². The molecule has 0 saturated heterocycles. The Morgan fingerprint density at radius 1 is 1.37 bits per heavy atom. The van der Waals surface area contributed by atoms with E-state index in [1.54, 1.807) is 20.0 Å². The Bertz CT molecular complexity index is 600. The Kier molecular flexibility index (Phi) is 3.42. The standard InChI is InChI=1S/C15H18N2O2/c1-10-6-4-5-7-11(10)12-9-16-13(17-12)8-15(2,3)14(18)19/h4-7,9H,8H2,1-3H3,(H,16,17)(H,18,19). The van der Waals surface area contributed by atoms with Gasteiger partial charge in [-0.25, -0.2) is 4.98 Å². The summed E-state index contributed by atoms with van der Waals surface area (Å²) in [6.07, 6.45) is 2.14. The lowest BCUT2D eigenvalue weighted by Crippen LogP contribution is -2.26. The Balaban J connectivity index is 2.26. The van der Waals surface area contributed by atoms with Crippen molar-refractivity contribution in [3.63, 3.8) is 0 Å². The average molecular weight is 258 g/mol. The third-order valence-corrected chi connectivity index (χ3v) is 3.25. The molecule has 0 amide bonds. The number of carboxylic acids is 1. The monoisotopic (exact) mass is 258 g/mol. The van der Waals surface area contributed by atoms with E-state index in [4.69, 9.17) is 5.11 Å². The number of imidazole rings is 1. The van der Waals surface area contributed by atoms with E-state index in [0.29, 0.717) is 12.2 Å². The fourth-order valence-electron chi connectivity index (χ4n) is 1.96. The molecule has 100 valence electrons. The summed E-state index contributed by atoms with van der Waals surface area (Å²) in [6.45, 7) is 5.44. The number of nitrogens with one attached hydrogen (secondary N) is 1. The first kappa shape index (κ1) is 13.3. The lowest BCUT2D eigenvalue weighted by Gasteiger charge is -2.16. The van der Waals surface area contributed by atoms with Crippen molar-refractivity contribution in [3.05, 3.63) is 41.9 Å². The van der Waals surface area contributed by atoms with Gasteiger partial charge in [-0.15, -0.1) is 0 Å². The van der Waals surface area contributed by atoms with Gasteiger partial charge in [-0.3, -0.25) is 4.79 Å². The summed E-state index contributed by atoms with van der Waals surface area (Å²) in [7, 11) is 0. The van der Waals surface area contributed by atoms with Crippen LogP contribution < -0.4 is 0 Å². The van der Waals surface area contributed by atoms with E-state index in [9.17, 15) is 4.79 Å². The normalized spacial score (nSPS) is 11.5. The highest BCUT2D eigenvalue weighted by atomic mass is 16.4. The summed E-state index contributed by atoms with van der Waals surface area (Å²) in [5, 5.41) is 9.13. The van der Waals surface area contributed by atoms with E-state index >= 15 is 0 Å². The molecule has 19 heavy (non-hydrogen) atoms. The zero-order valence-corrected chi connectivity index (χ0v) is 11.4. The molecule has 0 radical (unpaired) electrons. The first-order chi connectivity index (χ1) is 8.90. The van der Waals surface area contributed by atoms with Gasteiger partial charge in [0.1, 0.15) is 5.82 Å². The summed E-state index contributed by atoms with van der Waals surface area (Å²) >= 11 is 0. The van der Waals surface area contributed by atoms with E-state index in [0.717, 1.165) is 16.8 Å². The van der Waals surface area contributed by atoms with Crippen LogP contribution in [0.5, 0.6) is 0 Å². The fraction of sp³-hybridized carbons (Fsp3) is 0.333. The Morgan fingerprint density at radius 3 is 2.68 bits per heavy atom. The molecule has 2 aromatic rings. The second-order valence-corrected chi connectivity index (χ2v) is 5.42. The molecule has 0 saturated carbocycles. The summed E-state index contributed by atoms with van der Waals surface area (Å²) in [5.74, 6) is -0.119. The number of hydrogen-bond donors (Lipinski definition) is 2. The third-order valence-electron chi connectivity index (χ3n) is 3.25. The molecule has 0 fully saturated rings. The van der Waals surface area contributed by atoms with Crippen molar-refractivity contribution in [2.75, 3.05) is 0 Å². The van der Waals surface area contributed by atoms with Gasteiger partial charge >= 0.3 is 5.97 Å². The van der Waals surface area contributed by atoms with Crippen molar-refractivity contribution in [1.82, 2.24) is 9.97 Å². The van der Waals surface area contributed by atoms with Gasteiger partial charge in [0.25, 0.3) is 0 Å². The van der Waals surface area contributed by atoms with Crippen molar-refractivity contribution in [3.8, 4) is 11.3 Å². The van der Waals surface area contributed by atoms with Crippen LogP contribution in [0.25, 0.3) is 11.3 Å². The third kappa shape index (κ3) is 2.84. The molecule has 0 aliphatic heterocycles. The predicted octanol–water partition coefficient (Wildman–Crippen LogP) is 3.04. The van der Waals surface area contributed by atoms with E-state index in [1.807, 2.05) is 31.2 Å². The predicted molar refractivity (Wildman–Crippen MR) is 73.9 cm³/mol. The Labute approximate surface area is 112 Å². The summed E-state index contributed by atoms with van der Waals surface area (Å²) < 4.78 is 0. The van der Waals surface area contributed by atoms with E-state index < -0.39 is 11.4 Å². The SMILES string of the molecule is Cc1ccccc1-c1cnc(CC(C)(C)C(=O)O)[nH]1. The number of H-pyrrole nitrogens is 1. The van der Waals surface area contributed by atoms with Crippen LogP contribution in [0.2, 0.25) is 0 Å². The van der Waals surface area contributed by atoms with Crippen LogP contribution in [0.1, 0.15) is 25.2 Å². The maximum absolute atomic E-state index is 11.1. The van der Waals surface area contributed by atoms with Crippen molar-refractivity contribution in [2.24, 2.45) is 5.41 Å². The van der Waals surface area contributed by atoms with Gasteiger partial charge in [-0.2, -0.15) is 0 Å². The summed E-state index contributed by atoms with van der Waals surface area (Å²) in [4.78, 5) is 18.6. The van der Waals surface area contributed by atoms with Crippen LogP contribution in [0.4, 0.5) is 0 Å². The fourth-order valence-corrected chi connectivity index (χ4v) is 1.96. The maximum Gasteiger partial charge on any atom is 0.309 e. The second kappa shape index (κ2) is 4.88. The van der Waals surface area contributed by atoms with Crippen LogP contribution >= 0.6 is 0 Å². The molecular weight excluding hydrogens is 240 g/mol. The highest BCUT2D eigenvalue weighted by Gasteiger charge is 2.28. The van der Waals surface area contributed by atoms with Crippen LogP contribution in [0.3, 0.4) is 0 Å². The summed E-state index contributed by atoms with van der Waals surface area (Å²) in [6, 6.07) is 8.03. The lowest BCUT2D eigenvalue weighted by molar-refractivity contribution is -0.146. The van der Waals surface area contributed by atoms with Gasteiger partial charge in [-0.1, -0.05) is 24.3 Å². The van der Waals surface area contributed by atoms with Gasteiger partial charge < -0.3 is 10.1 Å². The first-order valence-electron chi connectivity index (χ1n) is 6.23. The molecule has 1 heterocycles. The molecule has 4 heteroatoms. The number of benzene rings is 1. The Hall–Kier alpha value is -2.10.